The highest BCUT2D eigenvalue weighted by Crippen LogP contribution is 2.41. The molecular weight excluding hydrogens is 324 g/mol. The van der Waals surface area contributed by atoms with E-state index in [9.17, 15) is 0 Å². The molecule has 0 heterocycles. The molecule has 0 saturated carbocycles. The van der Waals surface area contributed by atoms with Crippen LogP contribution in [0.2, 0.25) is 0 Å². The second kappa shape index (κ2) is 8.43. The minimum absolute atomic E-state index is 0.527. The minimum Gasteiger partial charge on any atom is -0.447 e. The lowest BCUT2D eigenvalue weighted by Crippen LogP contribution is -2.02. The van der Waals surface area contributed by atoms with Crippen LogP contribution in [0.5, 0.6) is 11.5 Å². The fraction of sp³-hybridized carbons (Fsp3) is 0. The Morgan fingerprint density at radius 1 is 0.652 bits per heavy atom. The van der Waals surface area contributed by atoms with Crippen LogP contribution in [0.4, 0.5) is 0 Å². The van der Waals surface area contributed by atoms with Crippen LogP contribution in [0.25, 0.3) is 0 Å². The molecule has 3 rings (SSSR count). The Balaban J connectivity index is 1.75. The zero-order valence-electron chi connectivity index (χ0n) is 12.3. The van der Waals surface area contributed by atoms with E-state index in [2.05, 4.69) is 4.52 Å². The van der Waals surface area contributed by atoms with Gasteiger partial charge in [-0.05, 0) is 36.4 Å². The Hall–Kier alpha value is -2.21. The molecule has 114 valence electrons. The summed E-state index contributed by atoms with van der Waals surface area (Å²) in [5.41, 5.74) is 0. The van der Waals surface area contributed by atoms with Crippen molar-refractivity contribution in [1.29, 1.82) is 0 Å². The Bertz CT molecular complexity index is 737. The third-order valence-corrected chi connectivity index (χ3v) is 5.28. The van der Waals surface area contributed by atoms with Crippen LogP contribution >= 0.6 is 16.9 Å². The first kappa shape index (κ1) is 15.7. The Morgan fingerprint density at radius 2 is 1.17 bits per heavy atom. The minimum atomic E-state index is -1.14. The summed E-state index contributed by atoms with van der Waals surface area (Å²) in [6.45, 7) is 0. The average Bonchev–Trinajstić information content (AvgIpc) is 2.63. The molecule has 3 nitrogen and oxygen atoms in total. The Kier molecular flexibility index (Phi) is 5.75. The van der Waals surface area contributed by atoms with Gasteiger partial charge >= 0.3 is 0 Å². The Morgan fingerprint density at radius 3 is 1.78 bits per heavy atom. The summed E-state index contributed by atoms with van der Waals surface area (Å²) in [7, 11) is -0.614. The second-order valence-electron chi connectivity index (χ2n) is 4.59. The summed E-state index contributed by atoms with van der Waals surface area (Å²) >= 11 is 0. The molecule has 3 aromatic rings. The molecule has 0 radical (unpaired) electrons. The van der Waals surface area contributed by atoms with E-state index >= 15 is 0 Å². The van der Waals surface area contributed by atoms with Gasteiger partial charge in [-0.1, -0.05) is 54.6 Å². The SMILES string of the molecule is c1ccc(OP=NP(Oc2ccccc2)c2ccccc2)cc1. The van der Waals surface area contributed by atoms with Crippen molar-refractivity contribution in [1.82, 2.24) is 0 Å². The van der Waals surface area contributed by atoms with Gasteiger partial charge in [0, 0.05) is 5.30 Å². The lowest BCUT2D eigenvalue weighted by Gasteiger charge is -2.13. The van der Waals surface area contributed by atoms with E-state index in [0.717, 1.165) is 16.8 Å². The van der Waals surface area contributed by atoms with Crippen LogP contribution in [-0.2, 0) is 0 Å². The van der Waals surface area contributed by atoms with Crippen LogP contribution in [0, 0.1) is 0 Å². The van der Waals surface area contributed by atoms with Gasteiger partial charge in [-0.15, -0.1) is 0 Å². The lowest BCUT2D eigenvalue weighted by molar-refractivity contribution is 0.619. The quantitative estimate of drug-likeness (QED) is 0.529. The van der Waals surface area contributed by atoms with Crippen molar-refractivity contribution < 1.29 is 9.05 Å². The molecule has 0 aromatic heterocycles. The number of hydrogen-bond donors (Lipinski definition) is 0. The maximum absolute atomic E-state index is 6.05. The van der Waals surface area contributed by atoms with Crippen molar-refractivity contribution in [2.24, 2.45) is 4.52 Å². The van der Waals surface area contributed by atoms with Crippen molar-refractivity contribution in [2.45, 2.75) is 0 Å². The summed E-state index contributed by atoms with van der Waals surface area (Å²) in [6.07, 6.45) is 0. The first-order chi connectivity index (χ1) is 11.4. The van der Waals surface area contributed by atoms with Crippen LogP contribution in [-0.4, -0.2) is 0 Å². The van der Waals surface area contributed by atoms with Gasteiger partial charge < -0.3 is 9.05 Å². The van der Waals surface area contributed by atoms with Crippen LogP contribution in [0.3, 0.4) is 0 Å². The van der Waals surface area contributed by atoms with Gasteiger partial charge in [0.2, 0.25) is 8.60 Å². The van der Waals surface area contributed by atoms with Gasteiger partial charge in [0.1, 0.15) is 11.5 Å². The molecule has 5 heteroatoms. The largest absolute Gasteiger partial charge is 0.447 e. The van der Waals surface area contributed by atoms with E-state index in [1.54, 1.807) is 0 Å². The smallest absolute Gasteiger partial charge is 0.251 e. The molecule has 0 spiro atoms. The zero-order chi connectivity index (χ0) is 15.7. The van der Waals surface area contributed by atoms with Crippen LogP contribution < -0.4 is 14.4 Å². The maximum atomic E-state index is 6.05. The number of nitrogens with zero attached hydrogens (tertiary/aromatic N) is 1. The second-order valence-corrected chi connectivity index (χ2v) is 6.89. The summed E-state index contributed by atoms with van der Waals surface area (Å²) in [5, 5.41) is 1.05. The van der Waals surface area contributed by atoms with E-state index in [1.165, 1.54) is 0 Å². The standard InChI is InChI=1S/C18H15NO2P2/c1-4-10-16(11-5-1)20-22-19-23(18-14-8-3-9-15-18)21-17-12-6-2-7-13-17/h1-15H. The number of rotatable bonds is 6. The molecule has 1 unspecified atom stereocenters. The Labute approximate surface area is 138 Å². The number of hydrogen-bond acceptors (Lipinski definition) is 3. The molecule has 0 fully saturated rings. The van der Waals surface area contributed by atoms with Gasteiger partial charge in [0.15, 0.2) is 0 Å². The van der Waals surface area contributed by atoms with Crippen molar-refractivity contribution in [3.63, 3.8) is 0 Å². The van der Waals surface area contributed by atoms with Crippen molar-refractivity contribution in [3.8, 4) is 11.5 Å². The first-order valence-corrected chi connectivity index (χ1v) is 9.11. The average molecular weight is 339 g/mol. The van der Waals surface area contributed by atoms with Crippen LogP contribution in [0.1, 0.15) is 0 Å². The third kappa shape index (κ3) is 4.89. The predicted molar refractivity (Wildman–Crippen MR) is 96.5 cm³/mol. The van der Waals surface area contributed by atoms with Crippen molar-refractivity contribution in [2.75, 3.05) is 0 Å². The third-order valence-electron chi connectivity index (χ3n) is 2.92. The highest BCUT2D eigenvalue weighted by atomic mass is 31.2. The fourth-order valence-corrected chi connectivity index (χ4v) is 3.88. The van der Waals surface area contributed by atoms with Crippen molar-refractivity contribution in [3.05, 3.63) is 91.0 Å². The maximum Gasteiger partial charge on any atom is 0.251 e. The molecule has 0 amide bonds. The molecule has 0 N–H and O–H groups in total. The summed E-state index contributed by atoms with van der Waals surface area (Å²) in [4.78, 5) is 0. The molecule has 0 bridgehead atoms. The fourth-order valence-electron chi connectivity index (χ4n) is 1.84. The molecule has 0 aliphatic carbocycles. The van der Waals surface area contributed by atoms with E-state index in [0.29, 0.717) is 8.60 Å². The van der Waals surface area contributed by atoms with Crippen molar-refractivity contribution >= 4 is 22.2 Å². The highest BCUT2D eigenvalue weighted by Gasteiger charge is 2.13. The summed E-state index contributed by atoms with van der Waals surface area (Å²) in [5.74, 6) is 1.60. The highest BCUT2D eigenvalue weighted by molar-refractivity contribution is 7.63. The molecule has 0 aliphatic heterocycles. The monoisotopic (exact) mass is 339 g/mol. The molecule has 1 atom stereocenters. The van der Waals surface area contributed by atoms with E-state index < -0.39 is 8.30 Å². The molecular formula is C18H15NO2P2. The predicted octanol–water partition coefficient (Wildman–Crippen LogP) is 5.83. The van der Waals surface area contributed by atoms with E-state index in [-0.39, 0.29) is 0 Å². The van der Waals surface area contributed by atoms with Gasteiger partial charge in [-0.2, -0.15) is 4.52 Å². The van der Waals surface area contributed by atoms with Gasteiger partial charge in [-0.3, -0.25) is 0 Å². The lowest BCUT2D eigenvalue weighted by atomic mass is 10.3. The number of para-hydroxylation sites is 2. The molecule has 0 aliphatic rings. The van der Waals surface area contributed by atoms with Gasteiger partial charge in [0.25, 0.3) is 8.30 Å². The molecule has 0 saturated heterocycles. The molecule has 3 aromatic carbocycles. The zero-order valence-corrected chi connectivity index (χ0v) is 14.1. The first-order valence-electron chi connectivity index (χ1n) is 7.13. The van der Waals surface area contributed by atoms with Gasteiger partial charge in [0.05, 0.1) is 0 Å². The summed E-state index contributed by atoms with van der Waals surface area (Å²) in [6, 6.07) is 29.4. The topological polar surface area (TPSA) is 30.8 Å². The molecule has 23 heavy (non-hydrogen) atoms. The number of benzene rings is 3. The summed E-state index contributed by atoms with van der Waals surface area (Å²) < 4.78 is 16.3. The van der Waals surface area contributed by atoms with E-state index in [1.807, 2.05) is 91.0 Å². The van der Waals surface area contributed by atoms with Gasteiger partial charge in [-0.25, -0.2) is 0 Å². The van der Waals surface area contributed by atoms with Crippen LogP contribution in [0.15, 0.2) is 95.5 Å². The normalized spacial score (nSPS) is 12.0. The van der Waals surface area contributed by atoms with E-state index in [4.69, 9.17) is 9.05 Å².